The maximum atomic E-state index is 9.55. The van der Waals surface area contributed by atoms with Gasteiger partial charge in [0.05, 0.1) is 6.10 Å². The number of rotatable bonds is 4. The highest BCUT2D eigenvalue weighted by Gasteiger charge is 2.27. The molecule has 1 heteroatoms. The maximum absolute atomic E-state index is 9.55. The lowest BCUT2D eigenvalue weighted by Crippen LogP contribution is -2.27. The highest BCUT2D eigenvalue weighted by Crippen LogP contribution is 2.35. The van der Waals surface area contributed by atoms with Crippen LogP contribution in [0.25, 0.3) is 0 Å². The Labute approximate surface area is 82.5 Å². The molecule has 3 unspecified atom stereocenters. The lowest BCUT2D eigenvalue weighted by Gasteiger charge is -2.33. The normalized spacial score (nSPS) is 34.8. The second kappa shape index (κ2) is 5.64. The van der Waals surface area contributed by atoms with Crippen molar-refractivity contribution >= 4 is 0 Å². The molecule has 0 aromatic heterocycles. The minimum Gasteiger partial charge on any atom is -0.393 e. The van der Waals surface area contributed by atoms with Gasteiger partial charge in [-0.15, -0.1) is 0 Å². The molecular formula is C12H24O. The summed E-state index contributed by atoms with van der Waals surface area (Å²) in [6.07, 6.45) is 8.71. The summed E-state index contributed by atoms with van der Waals surface area (Å²) in [5.74, 6) is 1.71. The zero-order valence-electron chi connectivity index (χ0n) is 9.13. The third-order valence-corrected chi connectivity index (χ3v) is 3.57. The second-order valence-electron chi connectivity index (χ2n) is 4.54. The highest BCUT2D eigenvalue weighted by atomic mass is 16.3. The van der Waals surface area contributed by atoms with Gasteiger partial charge in [-0.2, -0.15) is 0 Å². The molecule has 0 saturated heterocycles. The van der Waals surface area contributed by atoms with E-state index in [2.05, 4.69) is 13.8 Å². The van der Waals surface area contributed by atoms with Crippen LogP contribution in [0.5, 0.6) is 0 Å². The van der Waals surface area contributed by atoms with E-state index in [-0.39, 0.29) is 6.10 Å². The van der Waals surface area contributed by atoms with Crippen molar-refractivity contribution in [3.05, 3.63) is 0 Å². The Balaban J connectivity index is 2.33. The monoisotopic (exact) mass is 184 g/mol. The molecule has 1 rings (SSSR count). The molecule has 1 nitrogen and oxygen atoms in total. The van der Waals surface area contributed by atoms with Crippen LogP contribution in [0.3, 0.4) is 0 Å². The molecule has 0 aromatic rings. The smallest absolute Gasteiger partial charge is 0.0543 e. The van der Waals surface area contributed by atoms with Crippen molar-refractivity contribution in [3.63, 3.8) is 0 Å². The molecule has 1 aliphatic rings. The Morgan fingerprint density at radius 3 is 2.54 bits per heavy atom. The van der Waals surface area contributed by atoms with Crippen LogP contribution in [-0.2, 0) is 0 Å². The largest absolute Gasteiger partial charge is 0.393 e. The fraction of sp³-hybridized carbons (Fsp3) is 1.00. The summed E-state index contributed by atoms with van der Waals surface area (Å²) in [4.78, 5) is 0. The van der Waals surface area contributed by atoms with Crippen LogP contribution >= 0.6 is 0 Å². The quantitative estimate of drug-likeness (QED) is 0.710. The molecule has 0 bridgehead atoms. The van der Waals surface area contributed by atoms with E-state index < -0.39 is 0 Å². The Bertz CT molecular complexity index is 131. The third-order valence-electron chi connectivity index (χ3n) is 3.57. The van der Waals surface area contributed by atoms with Gasteiger partial charge in [0.1, 0.15) is 0 Å². The van der Waals surface area contributed by atoms with Crippen molar-refractivity contribution in [1.29, 1.82) is 0 Å². The zero-order valence-corrected chi connectivity index (χ0v) is 9.13. The summed E-state index contributed by atoms with van der Waals surface area (Å²) in [5, 5.41) is 9.55. The average Bonchev–Trinajstić information content (AvgIpc) is 2.16. The van der Waals surface area contributed by atoms with E-state index in [1.807, 2.05) is 0 Å². The number of unbranched alkanes of at least 4 members (excludes halogenated alkanes) is 1. The Morgan fingerprint density at radius 1 is 1.15 bits per heavy atom. The van der Waals surface area contributed by atoms with Crippen LogP contribution in [0.4, 0.5) is 0 Å². The average molecular weight is 184 g/mol. The van der Waals surface area contributed by atoms with Gasteiger partial charge in [-0.25, -0.2) is 0 Å². The molecule has 0 aliphatic heterocycles. The maximum Gasteiger partial charge on any atom is 0.0543 e. The van der Waals surface area contributed by atoms with Crippen LogP contribution in [0.1, 0.15) is 58.8 Å². The Hall–Kier alpha value is -0.0400. The molecule has 3 atom stereocenters. The van der Waals surface area contributed by atoms with Gasteiger partial charge in [0.15, 0.2) is 0 Å². The van der Waals surface area contributed by atoms with Crippen LogP contribution in [0.15, 0.2) is 0 Å². The van der Waals surface area contributed by atoms with Crippen molar-refractivity contribution < 1.29 is 5.11 Å². The van der Waals surface area contributed by atoms with E-state index in [9.17, 15) is 5.11 Å². The van der Waals surface area contributed by atoms with Crippen molar-refractivity contribution in [3.8, 4) is 0 Å². The minimum atomic E-state index is 0.00262. The number of aliphatic hydroxyl groups excluding tert-OH is 1. The second-order valence-corrected chi connectivity index (χ2v) is 4.54. The fourth-order valence-corrected chi connectivity index (χ4v) is 2.65. The Kier molecular flexibility index (Phi) is 4.79. The SMILES string of the molecule is CCCCC1CCC(O)CC1CC. The molecule has 0 spiro atoms. The van der Waals surface area contributed by atoms with E-state index in [0.29, 0.717) is 0 Å². The van der Waals surface area contributed by atoms with E-state index in [4.69, 9.17) is 0 Å². The molecule has 0 radical (unpaired) electrons. The molecule has 78 valence electrons. The van der Waals surface area contributed by atoms with Gasteiger partial charge < -0.3 is 5.11 Å². The molecule has 0 amide bonds. The number of hydrogen-bond donors (Lipinski definition) is 1. The van der Waals surface area contributed by atoms with Gasteiger partial charge in [-0.05, 0) is 31.1 Å². The van der Waals surface area contributed by atoms with Crippen LogP contribution < -0.4 is 0 Å². The first-order valence-electron chi connectivity index (χ1n) is 5.96. The summed E-state index contributed by atoms with van der Waals surface area (Å²) >= 11 is 0. The lowest BCUT2D eigenvalue weighted by atomic mass is 9.74. The van der Waals surface area contributed by atoms with Crippen molar-refractivity contribution in [2.24, 2.45) is 11.8 Å². The Morgan fingerprint density at radius 2 is 1.92 bits per heavy atom. The summed E-state index contributed by atoms with van der Waals surface area (Å²) < 4.78 is 0. The van der Waals surface area contributed by atoms with Gasteiger partial charge in [-0.3, -0.25) is 0 Å². The van der Waals surface area contributed by atoms with Gasteiger partial charge in [-0.1, -0.05) is 39.5 Å². The van der Waals surface area contributed by atoms with E-state index in [1.165, 1.54) is 32.1 Å². The topological polar surface area (TPSA) is 20.2 Å². The fourth-order valence-electron chi connectivity index (χ4n) is 2.65. The van der Waals surface area contributed by atoms with Crippen LogP contribution in [0.2, 0.25) is 0 Å². The molecule has 1 fully saturated rings. The molecule has 1 N–H and O–H groups in total. The lowest BCUT2D eigenvalue weighted by molar-refractivity contribution is 0.0632. The molecule has 13 heavy (non-hydrogen) atoms. The van der Waals surface area contributed by atoms with Gasteiger partial charge in [0, 0.05) is 0 Å². The molecule has 1 saturated carbocycles. The summed E-state index contributed by atoms with van der Waals surface area (Å²) in [6.45, 7) is 4.53. The molecule has 0 heterocycles. The molecule has 0 aromatic carbocycles. The van der Waals surface area contributed by atoms with Crippen molar-refractivity contribution in [1.82, 2.24) is 0 Å². The standard InChI is InChI=1S/C12H24O/c1-3-5-6-11-7-8-12(13)9-10(11)4-2/h10-13H,3-9H2,1-2H3. The zero-order chi connectivity index (χ0) is 9.68. The number of hydrogen-bond acceptors (Lipinski definition) is 1. The number of aliphatic hydroxyl groups is 1. The van der Waals surface area contributed by atoms with E-state index in [0.717, 1.165) is 24.7 Å². The van der Waals surface area contributed by atoms with Gasteiger partial charge >= 0.3 is 0 Å². The van der Waals surface area contributed by atoms with Crippen molar-refractivity contribution in [2.45, 2.75) is 64.9 Å². The minimum absolute atomic E-state index is 0.00262. The predicted molar refractivity (Wildman–Crippen MR) is 56.7 cm³/mol. The van der Waals surface area contributed by atoms with Crippen LogP contribution in [0, 0.1) is 11.8 Å². The summed E-state index contributed by atoms with van der Waals surface area (Å²) in [6, 6.07) is 0. The van der Waals surface area contributed by atoms with Gasteiger partial charge in [0.2, 0.25) is 0 Å². The van der Waals surface area contributed by atoms with Crippen molar-refractivity contribution in [2.75, 3.05) is 0 Å². The van der Waals surface area contributed by atoms with E-state index >= 15 is 0 Å². The molecular weight excluding hydrogens is 160 g/mol. The predicted octanol–water partition coefficient (Wildman–Crippen LogP) is 3.36. The summed E-state index contributed by atoms with van der Waals surface area (Å²) in [5.41, 5.74) is 0. The first-order valence-corrected chi connectivity index (χ1v) is 5.96. The molecule has 1 aliphatic carbocycles. The first-order chi connectivity index (χ1) is 6.27. The van der Waals surface area contributed by atoms with E-state index in [1.54, 1.807) is 0 Å². The summed E-state index contributed by atoms with van der Waals surface area (Å²) in [7, 11) is 0. The highest BCUT2D eigenvalue weighted by molar-refractivity contribution is 4.78. The first kappa shape index (κ1) is 11.0. The van der Waals surface area contributed by atoms with Gasteiger partial charge in [0.25, 0.3) is 0 Å². The third kappa shape index (κ3) is 3.30. The van der Waals surface area contributed by atoms with Crippen LogP contribution in [-0.4, -0.2) is 11.2 Å².